The van der Waals surface area contributed by atoms with Crippen LogP contribution >= 0.6 is 34.5 Å². The van der Waals surface area contributed by atoms with Crippen molar-refractivity contribution >= 4 is 40.3 Å². The van der Waals surface area contributed by atoms with Gasteiger partial charge in [0.05, 0.1) is 15.5 Å². The van der Waals surface area contributed by atoms with Crippen LogP contribution in [0.4, 0.5) is 0 Å². The number of thiophene rings is 1. The van der Waals surface area contributed by atoms with Crippen LogP contribution in [0, 0.1) is 0 Å². The Morgan fingerprint density at radius 2 is 2.12 bits per heavy atom. The number of halogens is 2. The van der Waals surface area contributed by atoms with Gasteiger partial charge in [0.15, 0.2) is 5.78 Å². The second-order valence-electron chi connectivity index (χ2n) is 4.06. The summed E-state index contributed by atoms with van der Waals surface area (Å²) in [5, 5.41) is 0. The Hall–Kier alpha value is -0.0900. The van der Waals surface area contributed by atoms with E-state index in [0.29, 0.717) is 14.2 Å². The second-order valence-corrected chi connectivity index (χ2v) is 6.35. The summed E-state index contributed by atoms with van der Waals surface area (Å²) in [6, 6.07) is 1.58. The first-order chi connectivity index (χ1) is 7.35. The van der Waals surface area contributed by atoms with E-state index >= 15 is 0 Å². The average Bonchev–Trinajstić information content (AvgIpc) is 2.54. The van der Waals surface area contributed by atoms with E-state index in [0.717, 1.165) is 6.42 Å². The first-order valence-electron chi connectivity index (χ1n) is 4.97. The van der Waals surface area contributed by atoms with Crippen molar-refractivity contribution in [3.8, 4) is 0 Å². The number of rotatable bonds is 5. The molecule has 0 radical (unpaired) electrons. The monoisotopic (exact) mass is 280 g/mol. The predicted molar refractivity (Wildman–Crippen MR) is 69.0 cm³/mol. The molecule has 0 saturated carbocycles. The maximum Gasteiger partial charge on any atom is 0.190 e. The number of hydrogen-bond acceptors (Lipinski definition) is 3. The molecule has 0 aromatic carbocycles. The number of Topliss-reactive ketones (excluding diaryl/α,β-unsaturated/α-hetero) is 1. The Bertz CT molecular complexity index is 385. The molecule has 1 heterocycles. The lowest BCUT2D eigenvalue weighted by Gasteiger charge is -2.22. The Kier molecular flexibility index (Phi) is 4.80. The highest BCUT2D eigenvalue weighted by molar-refractivity contribution is 7.20. The van der Waals surface area contributed by atoms with Crippen LogP contribution in [0.2, 0.25) is 8.67 Å². The predicted octanol–water partition coefficient (Wildman–Crippen LogP) is 4.44. The fourth-order valence-corrected chi connectivity index (χ4v) is 2.47. The van der Waals surface area contributed by atoms with Crippen LogP contribution in [-0.2, 0) is 4.74 Å². The van der Waals surface area contributed by atoms with Crippen molar-refractivity contribution in [2.45, 2.75) is 32.8 Å². The first-order valence-corrected chi connectivity index (χ1v) is 6.55. The highest BCUT2D eigenvalue weighted by Crippen LogP contribution is 2.31. The molecule has 90 valence electrons. The summed E-state index contributed by atoms with van der Waals surface area (Å²) in [6.07, 6.45) is 0.846. The van der Waals surface area contributed by atoms with E-state index in [9.17, 15) is 4.79 Å². The number of carbonyl (C=O) groups is 1. The molecule has 1 rings (SSSR count). The van der Waals surface area contributed by atoms with Crippen molar-refractivity contribution in [2.24, 2.45) is 0 Å². The smallest absolute Gasteiger partial charge is 0.190 e. The van der Waals surface area contributed by atoms with E-state index in [1.54, 1.807) is 6.07 Å². The summed E-state index contributed by atoms with van der Waals surface area (Å²) in [6.45, 7) is 5.94. The summed E-state index contributed by atoms with van der Waals surface area (Å²) in [5.41, 5.74) is 0.158. The van der Waals surface area contributed by atoms with Gasteiger partial charge in [-0.05, 0) is 26.3 Å². The fraction of sp³-hybridized carbons (Fsp3) is 0.545. The zero-order valence-electron chi connectivity index (χ0n) is 9.47. The van der Waals surface area contributed by atoms with Gasteiger partial charge in [-0.2, -0.15) is 0 Å². The van der Waals surface area contributed by atoms with Gasteiger partial charge in [0, 0.05) is 0 Å². The molecule has 0 N–H and O–H groups in total. The molecule has 0 spiro atoms. The van der Waals surface area contributed by atoms with E-state index in [1.165, 1.54) is 11.3 Å². The van der Waals surface area contributed by atoms with Crippen LogP contribution in [0.25, 0.3) is 0 Å². The minimum Gasteiger partial charge on any atom is -0.367 e. The number of hydrogen-bond donors (Lipinski definition) is 0. The quantitative estimate of drug-likeness (QED) is 0.746. The summed E-state index contributed by atoms with van der Waals surface area (Å²) < 4.78 is 6.45. The Morgan fingerprint density at radius 3 is 2.56 bits per heavy atom. The molecule has 0 bridgehead atoms. The van der Waals surface area contributed by atoms with Gasteiger partial charge in [0.25, 0.3) is 0 Å². The molecule has 1 aromatic heterocycles. The molecular formula is C11H14Cl2O2S. The van der Waals surface area contributed by atoms with Crippen LogP contribution < -0.4 is 0 Å². The molecule has 2 nitrogen and oxygen atoms in total. The van der Waals surface area contributed by atoms with Gasteiger partial charge in [0.2, 0.25) is 0 Å². The fourth-order valence-electron chi connectivity index (χ4n) is 0.971. The van der Waals surface area contributed by atoms with Gasteiger partial charge in [-0.25, -0.2) is 0 Å². The third-order valence-electron chi connectivity index (χ3n) is 2.40. The Balaban J connectivity index is 2.63. The van der Waals surface area contributed by atoms with E-state index in [1.807, 2.05) is 20.8 Å². The molecule has 0 aliphatic rings. The van der Waals surface area contributed by atoms with Crippen molar-refractivity contribution in [1.82, 2.24) is 0 Å². The van der Waals surface area contributed by atoms with Crippen LogP contribution in [0.15, 0.2) is 6.07 Å². The van der Waals surface area contributed by atoms with Crippen molar-refractivity contribution in [3.63, 3.8) is 0 Å². The van der Waals surface area contributed by atoms with Crippen molar-refractivity contribution in [1.29, 1.82) is 0 Å². The number of carbonyl (C=O) groups excluding carboxylic acids is 1. The molecule has 0 unspecified atom stereocenters. The van der Waals surface area contributed by atoms with E-state index in [-0.39, 0.29) is 18.0 Å². The largest absolute Gasteiger partial charge is 0.367 e. The van der Waals surface area contributed by atoms with Crippen LogP contribution in [0.5, 0.6) is 0 Å². The summed E-state index contributed by atoms with van der Waals surface area (Å²) >= 11 is 12.8. The highest BCUT2D eigenvalue weighted by atomic mass is 35.5. The lowest BCUT2D eigenvalue weighted by molar-refractivity contribution is -0.0122. The molecule has 5 heteroatoms. The Morgan fingerprint density at radius 1 is 1.50 bits per heavy atom. The SMILES string of the molecule is CCC(C)(C)OCC(=O)c1cc(Cl)sc1Cl. The van der Waals surface area contributed by atoms with Crippen molar-refractivity contribution < 1.29 is 9.53 Å². The van der Waals surface area contributed by atoms with Gasteiger partial charge in [-0.3, -0.25) is 4.79 Å². The van der Waals surface area contributed by atoms with Crippen molar-refractivity contribution in [3.05, 3.63) is 20.3 Å². The minimum absolute atomic E-state index is 0.0353. The van der Waals surface area contributed by atoms with E-state index in [2.05, 4.69) is 0 Å². The molecule has 1 aromatic rings. The zero-order valence-corrected chi connectivity index (χ0v) is 11.8. The molecule has 0 atom stereocenters. The molecule has 0 amide bonds. The third-order valence-corrected chi connectivity index (χ3v) is 3.89. The van der Waals surface area contributed by atoms with Gasteiger partial charge in [-0.15, -0.1) is 11.3 Å². The second kappa shape index (κ2) is 5.50. The third kappa shape index (κ3) is 3.74. The maximum atomic E-state index is 11.8. The van der Waals surface area contributed by atoms with Gasteiger partial charge in [-0.1, -0.05) is 30.1 Å². The van der Waals surface area contributed by atoms with E-state index in [4.69, 9.17) is 27.9 Å². The Labute approximate surface area is 110 Å². The van der Waals surface area contributed by atoms with Crippen LogP contribution in [-0.4, -0.2) is 18.0 Å². The molecular weight excluding hydrogens is 267 g/mol. The summed E-state index contributed by atoms with van der Waals surface area (Å²) in [4.78, 5) is 11.8. The van der Waals surface area contributed by atoms with Gasteiger partial charge in [0.1, 0.15) is 10.9 Å². The van der Waals surface area contributed by atoms with E-state index < -0.39 is 0 Å². The lowest BCUT2D eigenvalue weighted by atomic mass is 10.1. The first kappa shape index (κ1) is 14.0. The lowest BCUT2D eigenvalue weighted by Crippen LogP contribution is -2.26. The maximum absolute atomic E-state index is 11.8. The normalized spacial score (nSPS) is 11.8. The van der Waals surface area contributed by atoms with Crippen LogP contribution in [0.1, 0.15) is 37.6 Å². The molecule has 0 aliphatic carbocycles. The van der Waals surface area contributed by atoms with Crippen molar-refractivity contribution in [2.75, 3.05) is 6.61 Å². The summed E-state index contributed by atoms with van der Waals surface area (Å²) in [5.74, 6) is -0.130. The summed E-state index contributed by atoms with van der Waals surface area (Å²) in [7, 11) is 0. The van der Waals surface area contributed by atoms with Gasteiger partial charge >= 0.3 is 0 Å². The zero-order chi connectivity index (χ0) is 12.3. The van der Waals surface area contributed by atoms with Gasteiger partial charge < -0.3 is 4.74 Å². The highest BCUT2D eigenvalue weighted by Gasteiger charge is 2.20. The van der Waals surface area contributed by atoms with Crippen LogP contribution in [0.3, 0.4) is 0 Å². The molecule has 0 fully saturated rings. The molecule has 16 heavy (non-hydrogen) atoms. The molecule has 0 aliphatic heterocycles. The number of ether oxygens (including phenoxy) is 1. The minimum atomic E-state index is -0.290. The topological polar surface area (TPSA) is 26.3 Å². The average molecular weight is 281 g/mol. The standard InChI is InChI=1S/C11H14Cl2O2S/c1-4-11(2,3)15-6-8(14)7-5-9(12)16-10(7)13/h5H,4,6H2,1-3H3. The number of ketones is 1. The molecule has 0 saturated heterocycles.